The highest BCUT2D eigenvalue weighted by Gasteiger charge is 2.31. The largest absolute Gasteiger partial charge is 0.449 e. The summed E-state index contributed by atoms with van der Waals surface area (Å²) in [5, 5.41) is 0. The Bertz CT molecular complexity index is 1310. The number of imidazole rings is 1. The summed E-state index contributed by atoms with van der Waals surface area (Å²) in [6.07, 6.45) is -3.70. The quantitative estimate of drug-likeness (QED) is 0.544. The number of anilines is 1. The minimum absolute atomic E-state index is 0.150. The highest BCUT2D eigenvalue weighted by Crippen LogP contribution is 2.30. The van der Waals surface area contributed by atoms with E-state index in [2.05, 4.69) is 9.98 Å². The van der Waals surface area contributed by atoms with E-state index in [1.165, 1.54) is 17.0 Å². The van der Waals surface area contributed by atoms with Crippen LogP contribution in [0.2, 0.25) is 0 Å². The zero-order chi connectivity index (χ0) is 25.2. The molecule has 3 aromatic rings. The van der Waals surface area contributed by atoms with Crippen LogP contribution in [0.25, 0.3) is 11.0 Å². The molecule has 1 unspecified atom stereocenters. The summed E-state index contributed by atoms with van der Waals surface area (Å²) in [7, 11) is 1.58. The van der Waals surface area contributed by atoms with Crippen molar-refractivity contribution in [3.8, 4) is 0 Å². The first-order chi connectivity index (χ1) is 16.7. The number of carbonyl (C=O) groups is 2. The molecule has 0 radical (unpaired) electrons. The van der Waals surface area contributed by atoms with Crippen LogP contribution in [0, 0.1) is 0 Å². The summed E-state index contributed by atoms with van der Waals surface area (Å²) in [6, 6.07) is 9.35. The number of rotatable bonds is 6. The molecule has 2 heterocycles. The van der Waals surface area contributed by atoms with E-state index in [0.29, 0.717) is 43.8 Å². The molecule has 0 spiro atoms. The monoisotopic (exact) mass is 490 g/mol. The molecule has 1 N–H and O–H groups in total. The number of alkyl halides is 3. The van der Waals surface area contributed by atoms with Gasteiger partial charge < -0.3 is 19.0 Å². The highest BCUT2D eigenvalue weighted by molar-refractivity contribution is 5.95. The number of halogens is 3. The summed E-state index contributed by atoms with van der Waals surface area (Å²) in [5.74, 6) is -0.810. The predicted octanol–water partition coefficient (Wildman–Crippen LogP) is 4.67. The molecule has 35 heavy (non-hydrogen) atoms. The minimum Gasteiger partial charge on any atom is -0.449 e. The number of methoxy groups -OCH3 is 1. The molecular formula is C24H25F3N4O4. The van der Waals surface area contributed by atoms with Crippen molar-refractivity contribution in [2.24, 2.45) is 4.99 Å². The van der Waals surface area contributed by atoms with E-state index in [4.69, 9.17) is 9.47 Å². The van der Waals surface area contributed by atoms with Crippen molar-refractivity contribution in [1.82, 2.24) is 9.55 Å². The number of H-pyrrole nitrogens is 1. The third-order valence-corrected chi connectivity index (χ3v) is 5.82. The van der Waals surface area contributed by atoms with Crippen LogP contribution in [0.1, 0.15) is 41.7 Å². The van der Waals surface area contributed by atoms with E-state index in [1.807, 2.05) is 6.92 Å². The summed E-state index contributed by atoms with van der Waals surface area (Å²) in [6.45, 7) is 3.27. The Morgan fingerprint density at radius 3 is 2.77 bits per heavy atom. The SMILES string of the molecule is COCCC(C)n1/c(=N/C(=O)c2cccc(C(F)(F)F)c2)[nH]c2cc(N3CCCOC3=O)ccc21. The van der Waals surface area contributed by atoms with Gasteiger partial charge in [-0.15, -0.1) is 0 Å². The number of nitrogens with one attached hydrogen (secondary N) is 1. The van der Waals surface area contributed by atoms with Gasteiger partial charge in [0.1, 0.15) is 0 Å². The third-order valence-electron chi connectivity index (χ3n) is 5.82. The molecule has 1 atom stereocenters. The first-order valence-electron chi connectivity index (χ1n) is 11.1. The molecule has 4 rings (SSSR count). The maximum atomic E-state index is 13.1. The molecule has 1 aliphatic heterocycles. The van der Waals surface area contributed by atoms with Gasteiger partial charge in [-0.3, -0.25) is 9.69 Å². The van der Waals surface area contributed by atoms with Gasteiger partial charge in [0.2, 0.25) is 5.62 Å². The molecule has 2 aromatic carbocycles. The van der Waals surface area contributed by atoms with Crippen molar-refractivity contribution in [2.45, 2.75) is 32.0 Å². The third kappa shape index (κ3) is 5.24. The van der Waals surface area contributed by atoms with Crippen LogP contribution in [0.4, 0.5) is 23.7 Å². The van der Waals surface area contributed by atoms with Gasteiger partial charge in [0.25, 0.3) is 5.91 Å². The number of hydrogen-bond acceptors (Lipinski definition) is 4. The normalized spacial score (nSPS) is 16.0. The standard InChI is InChI=1S/C24H25F3N4O4/c1-15(9-12-34-2)31-20-8-7-18(30-10-4-11-35-23(30)33)14-19(20)28-22(31)29-21(32)16-5-3-6-17(13-16)24(25,26)27/h3,5-8,13-15H,4,9-12H2,1-2H3,(H,28,29,32). The number of aromatic amines is 1. The lowest BCUT2D eigenvalue weighted by Crippen LogP contribution is -2.37. The fourth-order valence-electron chi connectivity index (χ4n) is 4.02. The van der Waals surface area contributed by atoms with E-state index in [1.54, 1.807) is 29.9 Å². The fraction of sp³-hybridized carbons (Fsp3) is 0.375. The number of aromatic nitrogens is 2. The molecule has 1 aliphatic rings. The molecule has 8 nitrogen and oxygen atoms in total. The average Bonchev–Trinajstić information content (AvgIpc) is 3.19. The lowest BCUT2D eigenvalue weighted by Gasteiger charge is -2.26. The number of benzene rings is 2. The average molecular weight is 490 g/mol. The molecular weight excluding hydrogens is 465 g/mol. The number of nitrogens with zero attached hydrogens (tertiary/aromatic N) is 3. The molecule has 0 saturated carbocycles. The van der Waals surface area contributed by atoms with Crippen LogP contribution in [0.15, 0.2) is 47.5 Å². The Hall–Kier alpha value is -3.60. The zero-order valence-corrected chi connectivity index (χ0v) is 19.3. The summed E-state index contributed by atoms with van der Waals surface area (Å²) >= 11 is 0. The Labute approximate surface area is 199 Å². The first-order valence-corrected chi connectivity index (χ1v) is 11.1. The number of amides is 2. The summed E-state index contributed by atoms with van der Waals surface area (Å²) in [4.78, 5) is 33.8. The first kappa shape index (κ1) is 24.5. The van der Waals surface area contributed by atoms with Crippen molar-refractivity contribution in [1.29, 1.82) is 0 Å². The minimum atomic E-state index is -4.57. The van der Waals surface area contributed by atoms with E-state index in [0.717, 1.165) is 17.6 Å². The molecule has 11 heteroatoms. The number of fused-ring (bicyclic) bond motifs is 1. The van der Waals surface area contributed by atoms with Gasteiger partial charge in [0.15, 0.2) is 0 Å². The maximum Gasteiger partial charge on any atom is 0.416 e. The summed E-state index contributed by atoms with van der Waals surface area (Å²) < 4.78 is 51.4. The maximum absolute atomic E-state index is 13.1. The predicted molar refractivity (Wildman–Crippen MR) is 122 cm³/mol. The lowest BCUT2D eigenvalue weighted by atomic mass is 10.1. The second-order valence-corrected chi connectivity index (χ2v) is 8.27. The highest BCUT2D eigenvalue weighted by atomic mass is 19.4. The molecule has 186 valence electrons. The van der Waals surface area contributed by atoms with E-state index < -0.39 is 23.7 Å². The Morgan fingerprint density at radius 1 is 1.26 bits per heavy atom. The van der Waals surface area contributed by atoms with Crippen molar-refractivity contribution in [3.05, 3.63) is 59.2 Å². The van der Waals surface area contributed by atoms with E-state index in [-0.39, 0.29) is 17.2 Å². The number of carbonyl (C=O) groups excluding carboxylic acids is 2. The molecule has 1 aromatic heterocycles. The number of hydrogen-bond donors (Lipinski definition) is 1. The van der Waals surface area contributed by atoms with E-state index in [9.17, 15) is 22.8 Å². The van der Waals surface area contributed by atoms with Gasteiger partial charge >= 0.3 is 12.3 Å². The van der Waals surface area contributed by atoms with Crippen LogP contribution in [0.5, 0.6) is 0 Å². The molecule has 1 fully saturated rings. The Morgan fingerprint density at radius 2 is 2.06 bits per heavy atom. The van der Waals surface area contributed by atoms with Crippen molar-refractivity contribution in [2.75, 3.05) is 31.8 Å². The van der Waals surface area contributed by atoms with Gasteiger partial charge in [0, 0.05) is 37.6 Å². The van der Waals surface area contributed by atoms with Crippen LogP contribution >= 0.6 is 0 Å². The van der Waals surface area contributed by atoms with Crippen LogP contribution in [-0.2, 0) is 15.7 Å². The number of ether oxygens (including phenoxy) is 2. The van der Waals surface area contributed by atoms with Gasteiger partial charge in [-0.25, -0.2) is 4.79 Å². The van der Waals surface area contributed by atoms with Crippen LogP contribution in [-0.4, -0.2) is 48.4 Å². The van der Waals surface area contributed by atoms with Crippen molar-refractivity contribution in [3.63, 3.8) is 0 Å². The van der Waals surface area contributed by atoms with Crippen LogP contribution < -0.4 is 10.5 Å². The molecule has 1 saturated heterocycles. The second kappa shape index (κ2) is 9.95. The van der Waals surface area contributed by atoms with Gasteiger partial charge in [-0.1, -0.05) is 6.07 Å². The van der Waals surface area contributed by atoms with Gasteiger partial charge in [0.05, 0.1) is 23.2 Å². The molecule has 0 bridgehead atoms. The topological polar surface area (TPSA) is 88.9 Å². The molecule has 2 amide bonds. The van der Waals surface area contributed by atoms with E-state index >= 15 is 0 Å². The molecule has 0 aliphatic carbocycles. The fourth-order valence-corrected chi connectivity index (χ4v) is 4.02. The van der Waals surface area contributed by atoms with Crippen LogP contribution in [0.3, 0.4) is 0 Å². The zero-order valence-electron chi connectivity index (χ0n) is 19.3. The number of cyclic esters (lactones) is 1. The van der Waals surface area contributed by atoms with Crippen molar-refractivity contribution < 1.29 is 32.2 Å². The Kier molecular flexibility index (Phi) is 6.97. The summed E-state index contributed by atoms with van der Waals surface area (Å²) in [5.41, 5.74) is 1.04. The Balaban J connectivity index is 1.79. The van der Waals surface area contributed by atoms with Gasteiger partial charge in [-0.05, 0) is 56.2 Å². The van der Waals surface area contributed by atoms with Crippen molar-refractivity contribution >= 4 is 28.7 Å². The second-order valence-electron chi connectivity index (χ2n) is 8.27. The smallest absolute Gasteiger partial charge is 0.416 e. The van der Waals surface area contributed by atoms with Gasteiger partial charge in [-0.2, -0.15) is 18.2 Å². The lowest BCUT2D eigenvalue weighted by molar-refractivity contribution is -0.137.